The number of hydrogen-bond donors (Lipinski definition) is 0. The van der Waals surface area contributed by atoms with Crippen molar-refractivity contribution >= 4 is 12.0 Å². The van der Waals surface area contributed by atoms with Gasteiger partial charge in [0.15, 0.2) is 11.5 Å². The first-order valence-electron chi connectivity index (χ1n) is 12.5. The molecular formula is C29H40N2O4. The number of amides is 1. The molecule has 190 valence electrons. The lowest BCUT2D eigenvalue weighted by molar-refractivity contribution is 0.0754. The van der Waals surface area contributed by atoms with Crippen molar-refractivity contribution in [2.24, 2.45) is 0 Å². The smallest absolute Gasteiger partial charge is 0.254 e. The van der Waals surface area contributed by atoms with Crippen LogP contribution in [0.15, 0.2) is 48.0 Å². The predicted molar refractivity (Wildman–Crippen MR) is 142 cm³/mol. The Morgan fingerprint density at radius 1 is 1.06 bits per heavy atom. The highest BCUT2D eigenvalue weighted by atomic mass is 16.5. The van der Waals surface area contributed by atoms with Crippen LogP contribution in [0, 0.1) is 0 Å². The van der Waals surface area contributed by atoms with Gasteiger partial charge in [0.25, 0.3) is 5.91 Å². The highest BCUT2D eigenvalue weighted by Crippen LogP contribution is 2.38. The summed E-state index contributed by atoms with van der Waals surface area (Å²) in [6, 6.07) is 14.3. The highest BCUT2D eigenvalue weighted by Gasteiger charge is 2.23. The third kappa shape index (κ3) is 7.25. The molecule has 0 aromatic heterocycles. The van der Waals surface area contributed by atoms with Crippen molar-refractivity contribution < 1.29 is 19.0 Å². The fourth-order valence-electron chi connectivity index (χ4n) is 4.77. The van der Waals surface area contributed by atoms with Crippen molar-refractivity contribution in [2.45, 2.75) is 45.6 Å². The van der Waals surface area contributed by atoms with E-state index in [1.54, 1.807) is 33.5 Å². The predicted octanol–water partition coefficient (Wildman–Crippen LogP) is 5.52. The van der Waals surface area contributed by atoms with Gasteiger partial charge in [-0.25, -0.2) is 0 Å². The average molecular weight is 481 g/mol. The zero-order valence-electron chi connectivity index (χ0n) is 21.9. The standard InChI is InChI=1S/C29H40N2O4/c1-22(18-24-13-7-6-8-14-24)21-31(17-11-16-30-15-10-9-12-23(30)2)29(32)25-19-26(33-3)28(35-5)27(20-25)34-4/h6-8,13-14,18-20,23H,9-12,15-17,21H2,1-5H3. The Morgan fingerprint density at radius 2 is 1.74 bits per heavy atom. The van der Waals surface area contributed by atoms with Crippen molar-refractivity contribution in [3.63, 3.8) is 0 Å². The van der Waals surface area contributed by atoms with E-state index in [1.165, 1.54) is 19.3 Å². The maximum atomic E-state index is 13.7. The third-order valence-electron chi connectivity index (χ3n) is 6.67. The van der Waals surface area contributed by atoms with Gasteiger partial charge < -0.3 is 24.0 Å². The number of carbonyl (C=O) groups excluding carboxylic acids is 1. The van der Waals surface area contributed by atoms with E-state index in [2.05, 4.69) is 37.0 Å². The highest BCUT2D eigenvalue weighted by molar-refractivity contribution is 5.96. The summed E-state index contributed by atoms with van der Waals surface area (Å²) >= 11 is 0. The van der Waals surface area contributed by atoms with Crippen molar-refractivity contribution in [3.8, 4) is 17.2 Å². The molecule has 1 aliphatic rings. The van der Waals surface area contributed by atoms with E-state index in [-0.39, 0.29) is 5.91 Å². The van der Waals surface area contributed by atoms with E-state index in [0.29, 0.717) is 41.9 Å². The molecule has 0 spiro atoms. The van der Waals surface area contributed by atoms with Gasteiger partial charge in [0.05, 0.1) is 21.3 Å². The van der Waals surface area contributed by atoms with Crippen LogP contribution in [0.3, 0.4) is 0 Å². The Morgan fingerprint density at radius 3 is 2.34 bits per heavy atom. The van der Waals surface area contributed by atoms with E-state index >= 15 is 0 Å². The summed E-state index contributed by atoms with van der Waals surface area (Å²) in [5, 5.41) is 0. The van der Waals surface area contributed by atoms with E-state index in [0.717, 1.165) is 30.6 Å². The minimum atomic E-state index is -0.0447. The van der Waals surface area contributed by atoms with Crippen LogP contribution >= 0.6 is 0 Å². The largest absolute Gasteiger partial charge is 0.493 e. The van der Waals surface area contributed by atoms with Gasteiger partial charge in [-0.3, -0.25) is 4.79 Å². The maximum absolute atomic E-state index is 13.7. The first-order chi connectivity index (χ1) is 17.0. The minimum Gasteiger partial charge on any atom is -0.493 e. The molecule has 1 amide bonds. The number of methoxy groups -OCH3 is 3. The van der Waals surface area contributed by atoms with Gasteiger partial charge in [0, 0.05) is 31.2 Å². The molecule has 1 unspecified atom stereocenters. The van der Waals surface area contributed by atoms with Gasteiger partial charge >= 0.3 is 0 Å². The van der Waals surface area contributed by atoms with Crippen LogP contribution in [-0.2, 0) is 0 Å². The number of rotatable bonds is 11. The first-order valence-corrected chi connectivity index (χ1v) is 12.5. The number of benzene rings is 2. The van der Waals surface area contributed by atoms with E-state index in [4.69, 9.17) is 14.2 Å². The molecule has 0 saturated carbocycles. The second-order valence-corrected chi connectivity index (χ2v) is 9.28. The topological polar surface area (TPSA) is 51.2 Å². The van der Waals surface area contributed by atoms with E-state index in [1.807, 2.05) is 23.1 Å². The molecule has 2 aromatic rings. The van der Waals surface area contributed by atoms with Gasteiger partial charge in [-0.05, 0) is 57.4 Å². The summed E-state index contributed by atoms with van der Waals surface area (Å²) in [6.45, 7) is 7.77. The van der Waals surface area contributed by atoms with Gasteiger partial charge in [-0.1, -0.05) is 48.4 Å². The molecule has 1 heterocycles. The molecule has 2 aromatic carbocycles. The molecule has 0 aliphatic carbocycles. The first kappa shape index (κ1) is 26.6. The zero-order chi connectivity index (χ0) is 25.2. The maximum Gasteiger partial charge on any atom is 0.254 e. The molecular weight excluding hydrogens is 440 g/mol. The lowest BCUT2D eigenvalue weighted by Gasteiger charge is -2.34. The molecule has 1 saturated heterocycles. The van der Waals surface area contributed by atoms with Gasteiger partial charge in [-0.2, -0.15) is 0 Å². The Balaban J connectivity index is 1.82. The number of hydrogen-bond acceptors (Lipinski definition) is 5. The Hall–Kier alpha value is -2.99. The van der Waals surface area contributed by atoms with E-state index in [9.17, 15) is 4.79 Å². The summed E-state index contributed by atoms with van der Waals surface area (Å²) in [5.74, 6) is 1.40. The van der Waals surface area contributed by atoms with Crippen LogP contribution in [0.2, 0.25) is 0 Å². The van der Waals surface area contributed by atoms with Crippen molar-refractivity contribution in [3.05, 3.63) is 59.2 Å². The monoisotopic (exact) mass is 480 g/mol. The molecule has 0 radical (unpaired) electrons. The van der Waals surface area contributed by atoms with Crippen molar-refractivity contribution in [2.75, 3.05) is 47.5 Å². The number of piperidine rings is 1. The zero-order valence-corrected chi connectivity index (χ0v) is 21.9. The number of nitrogens with zero attached hydrogens (tertiary/aromatic N) is 2. The molecule has 35 heavy (non-hydrogen) atoms. The number of carbonyl (C=O) groups is 1. The van der Waals surface area contributed by atoms with Crippen LogP contribution in [0.4, 0.5) is 0 Å². The molecule has 1 atom stereocenters. The Labute approximate surface area is 210 Å². The minimum absolute atomic E-state index is 0.0447. The number of likely N-dealkylation sites (tertiary alicyclic amines) is 1. The molecule has 0 bridgehead atoms. The summed E-state index contributed by atoms with van der Waals surface area (Å²) < 4.78 is 16.4. The Kier molecular flexibility index (Phi) is 10.0. The van der Waals surface area contributed by atoms with Gasteiger partial charge in [0.1, 0.15) is 0 Å². The molecule has 6 heteroatoms. The third-order valence-corrected chi connectivity index (χ3v) is 6.67. The summed E-state index contributed by atoms with van der Waals surface area (Å²) in [4.78, 5) is 18.2. The second-order valence-electron chi connectivity index (χ2n) is 9.28. The summed E-state index contributed by atoms with van der Waals surface area (Å²) in [7, 11) is 4.69. The summed E-state index contributed by atoms with van der Waals surface area (Å²) in [5.41, 5.74) is 2.79. The fraction of sp³-hybridized carbons (Fsp3) is 0.483. The van der Waals surface area contributed by atoms with Gasteiger partial charge in [0.2, 0.25) is 5.75 Å². The molecule has 0 N–H and O–H groups in total. The number of ether oxygens (including phenoxy) is 3. The average Bonchev–Trinajstić information content (AvgIpc) is 2.88. The van der Waals surface area contributed by atoms with Crippen LogP contribution < -0.4 is 14.2 Å². The molecule has 1 fully saturated rings. The molecule has 6 nitrogen and oxygen atoms in total. The van der Waals surface area contributed by atoms with Gasteiger partial charge in [-0.15, -0.1) is 0 Å². The Bertz CT molecular complexity index is 964. The normalized spacial score (nSPS) is 16.6. The second kappa shape index (κ2) is 13.2. The van der Waals surface area contributed by atoms with E-state index < -0.39 is 0 Å². The van der Waals surface area contributed by atoms with Crippen LogP contribution in [0.25, 0.3) is 6.08 Å². The SMILES string of the molecule is COc1cc(C(=O)N(CCCN2CCCCC2C)CC(C)=Cc2ccccc2)cc(OC)c1OC. The lowest BCUT2D eigenvalue weighted by atomic mass is 10.0. The van der Waals surface area contributed by atoms with Crippen LogP contribution in [-0.4, -0.2) is 69.3 Å². The molecule has 3 rings (SSSR count). The quantitative estimate of drug-likeness (QED) is 0.424. The van der Waals surface area contributed by atoms with Crippen molar-refractivity contribution in [1.29, 1.82) is 0 Å². The van der Waals surface area contributed by atoms with Crippen LogP contribution in [0.1, 0.15) is 55.5 Å². The summed E-state index contributed by atoms with van der Waals surface area (Å²) in [6.07, 6.45) is 6.90. The fourth-order valence-corrected chi connectivity index (χ4v) is 4.77. The molecule has 1 aliphatic heterocycles. The lowest BCUT2D eigenvalue weighted by Crippen LogP contribution is -2.40. The van der Waals surface area contributed by atoms with Crippen molar-refractivity contribution in [1.82, 2.24) is 9.80 Å². The van der Waals surface area contributed by atoms with Crippen LogP contribution in [0.5, 0.6) is 17.2 Å².